The van der Waals surface area contributed by atoms with E-state index in [4.69, 9.17) is 0 Å². The minimum atomic E-state index is 0.154. The van der Waals surface area contributed by atoms with E-state index in [2.05, 4.69) is 5.32 Å². The Morgan fingerprint density at radius 1 is 1.43 bits per heavy atom. The largest absolute Gasteiger partial charge is 0.331 e. The van der Waals surface area contributed by atoms with Crippen molar-refractivity contribution in [2.45, 2.75) is 18.9 Å². The van der Waals surface area contributed by atoms with Gasteiger partial charge < -0.3 is 15.1 Å². The third-order valence-electron chi connectivity index (χ3n) is 3.25. The molecule has 0 aliphatic carbocycles. The summed E-state index contributed by atoms with van der Waals surface area (Å²) in [6.45, 7) is 2.95. The van der Waals surface area contributed by atoms with Crippen LogP contribution in [0.1, 0.15) is 12.8 Å². The molecule has 2 rings (SSSR count). The summed E-state index contributed by atoms with van der Waals surface area (Å²) < 4.78 is 0. The molecule has 2 heterocycles. The maximum Gasteiger partial charge on any atom is 0.319 e. The first-order valence-electron chi connectivity index (χ1n) is 5.38. The summed E-state index contributed by atoms with van der Waals surface area (Å²) in [7, 11) is 3.63. The van der Waals surface area contributed by atoms with Gasteiger partial charge >= 0.3 is 6.03 Å². The van der Waals surface area contributed by atoms with E-state index < -0.39 is 0 Å². The number of piperidine rings is 1. The molecule has 2 amide bonds. The van der Waals surface area contributed by atoms with Crippen LogP contribution in [0, 0.1) is 5.92 Å². The number of hydrogen-bond donors (Lipinski definition) is 1. The van der Waals surface area contributed by atoms with Gasteiger partial charge in [-0.1, -0.05) is 0 Å². The topological polar surface area (TPSA) is 35.6 Å². The predicted molar refractivity (Wildman–Crippen MR) is 55.2 cm³/mol. The zero-order valence-corrected chi connectivity index (χ0v) is 8.99. The van der Waals surface area contributed by atoms with Gasteiger partial charge in [-0.25, -0.2) is 4.79 Å². The van der Waals surface area contributed by atoms with Gasteiger partial charge in [-0.3, -0.25) is 0 Å². The molecule has 1 N–H and O–H groups in total. The van der Waals surface area contributed by atoms with Crippen LogP contribution in [0.3, 0.4) is 0 Å². The average molecular weight is 197 g/mol. The van der Waals surface area contributed by atoms with Crippen molar-refractivity contribution in [1.82, 2.24) is 15.1 Å². The summed E-state index contributed by atoms with van der Waals surface area (Å²) in [5.41, 5.74) is 0. The van der Waals surface area contributed by atoms with Crippen molar-refractivity contribution in [3.63, 3.8) is 0 Å². The van der Waals surface area contributed by atoms with Crippen molar-refractivity contribution in [2.24, 2.45) is 5.92 Å². The number of urea groups is 1. The molecule has 2 unspecified atom stereocenters. The number of carbonyl (C=O) groups is 1. The van der Waals surface area contributed by atoms with Crippen molar-refractivity contribution in [2.75, 3.05) is 33.7 Å². The monoisotopic (exact) mass is 197 g/mol. The van der Waals surface area contributed by atoms with E-state index in [1.807, 2.05) is 19.0 Å². The molecular formula is C10H19N3O. The second-order valence-corrected chi connectivity index (χ2v) is 4.54. The smallest absolute Gasteiger partial charge is 0.319 e. The first-order chi connectivity index (χ1) is 6.68. The molecule has 0 bridgehead atoms. The van der Waals surface area contributed by atoms with Crippen LogP contribution in [-0.2, 0) is 0 Å². The maximum absolute atomic E-state index is 11.7. The number of carbonyl (C=O) groups excluding carboxylic acids is 1. The molecule has 2 aliphatic heterocycles. The molecule has 14 heavy (non-hydrogen) atoms. The minimum absolute atomic E-state index is 0.154. The zero-order chi connectivity index (χ0) is 10.1. The molecule has 0 spiro atoms. The van der Waals surface area contributed by atoms with Crippen molar-refractivity contribution in [1.29, 1.82) is 0 Å². The van der Waals surface area contributed by atoms with Crippen LogP contribution in [0.15, 0.2) is 0 Å². The Morgan fingerprint density at radius 3 is 2.86 bits per heavy atom. The summed E-state index contributed by atoms with van der Waals surface area (Å²) in [5.74, 6) is 0.688. The first-order valence-corrected chi connectivity index (χ1v) is 5.38. The molecular weight excluding hydrogens is 178 g/mol. The van der Waals surface area contributed by atoms with Crippen LogP contribution < -0.4 is 5.32 Å². The number of hydrogen-bond acceptors (Lipinski definition) is 2. The van der Waals surface area contributed by atoms with Crippen LogP contribution in [0.4, 0.5) is 4.79 Å². The van der Waals surface area contributed by atoms with Gasteiger partial charge in [0.1, 0.15) is 0 Å². The predicted octanol–water partition coefficient (Wildman–Crippen LogP) is 0.352. The van der Waals surface area contributed by atoms with Gasteiger partial charge in [0.05, 0.1) is 0 Å². The molecule has 4 heteroatoms. The van der Waals surface area contributed by atoms with E-state index in [1.54, 1.807) is 4.90 Å². The molecule has 2 atom stereocenters. The maximum atomic E-state index is 11.7. The average Bonchev–Trinajstić information content (AvgIpc) is 2.59. The fraction of sp³-hybridized carbons (Fsp3) is 0.900. The standard InChI is InChI=1S/C10H19N3O/c1-12(2)10(14)13-6-8-4-3-5-11-9(8)7-13/h8-9,11H,3-7H2,1-2H3. The third kappa shape index (κ3) is 1.71. The van der Waals surface area contributed by atoms with Crippen molar-refractivity contribution in [3.05, 3.63) is 0 Å². The Labute approximate surface area is 85.2 Å². The number of fused-ring (bicyclic) bond motifs is 1. The Kier molecular flexibility index (Phi) is 2.63. The fourth-order valence-corrected chi connectivity index (χ4v) is 2.49. The lowest BCUT2D eigenvalue weighted by atomic mass is 9.94. The normalized spacial score (nSPS) is 31.4. The second-order valence-electron chi connectivity index (χ2n) is 4.54. The summed E-state index contributed by atoms with van der Waals surface area (Å²) in [6, 6.07) is 0.703. The molecule has 80 valence electrons. The second kappa shape index (κ2) is 3.77. The van der Waals surface area contributed by atoms with Crippen LogP contribution >= 0.6 is 0 Å². The summed E-state index contributed by atoms with van der Waals surface area (Å²) in [6.07, 6.45) is 2.53. The highest BCUT2D eigenvalue weighted by molar-refractivity contribution is 5.74. The highest BCUT2D eigenvalue weighted by Gasteiger charge is 2.36. The lowest BCUT2D eigenvalue weighted by molar-refractivity contribution is 0.179. The SMILES string of the molecule is CN(C)C(=O)N1CC2CCCNC2C1. The molecule has 0 saturated carbocycles. The van der Waals surface area contributed by atoms with Gasteiger partial charge in [-0.2, -0.15) is 0 Å². The van der Waals surface area contributed by atoms with Gasteiger partial charge in [-0.15, -0.1) is 0 Å². The summed E-state index contributed by atoms with van der Waals surface area (Å²) >= 11 is 0. The quantitative estimate of drug-likeness (QED) is 0.608. The molecule has 0 aromatic heterocycles. The first kappa shape index (κ1) is 9.77. The van der Waals surface area contributed by atoms with E-state index >= 15 is 0 Å². The Morgan fingerprint density at radius 2 is 2.21 bits per heavy atom. The molecule has 0 aromatic rings. The molecule has 0 radical (unpaired) electrons. The van der Waals surface area contributed by atoms with Crippen molar-refractivity contribution < 1.29 is 4.79 Å². The zero-order valence-electron chi connectivity index (χ0n) is 8.99. The van der Waals surface area contributed by atoms with E-state index in [-0.39, 0.29) is 6.03 Å². The molecule has 0 aromatic carbocycles. The lowest BCUT2D eigenvalue weighted by Gasteiger charge is -2.24. The van der Waals surface area contributed by atoms with E-state index in [0.717, 1.165) is 19.6 Å². The third-order valence-corrected chi connectivity index (χ3v) is 3.25. The highest BCUT2D eigenvalue weighted by Crippen LogP contribution is 2.25. The van der Waals surface area contributed by atoms with Gasteiger partial charge in [0.2, 0.25) is 0 Å². The van der Waals surface area contributed by atoms with Crippen LogP contribution in [-0.4, -0.2) is 55.6 Å². The summed E-state index contributed by atoms with van der Waals surface area (Å²) in [4.78, 5) is 15.3. The summed E-state index contributed by atoms with van der Waals surface area (Å²) in [5, 5.41) is 3.49. The van der Waals surface area contributed by atoms with Gasteiger partial charge in [-0.05, 0) is 25.3 Å². The van der Waals surface area contributed by atoms with Gasteiger partial charge in [0.15, 0.2) is 0 Å². The molecule has 2 fully saturated rings. The minimum Gasteiger partial charge on any atom is -0.331 e. The van der Waals surface area contributed by atoms with Gasteiger partial charge in [0, 0.05) is 33.2 Å². The fourth-order valence-electron chi connectivity index (χ4n) is 2.49. The molecule has 2 aliphatic rings. The van der Waals surface area contributed by atoms with E-state index in [9.17, 15) is 4.79 Å². The Balaban J connectivity index is 1.95. The van der Waals surface area contributed by atoms with Gasteiger partial charge in [0.25, 0.3) is 0 Å². The van der Waals surface area contributed by atoms with Crippen molar-refractivity contribution in [3.8, 4) is 0 Å². The number of nitrogens with one attached hydrogen (secondary N) is 1. The molecule has 4 nitrogen and oxygen atoms in total. The highest BCUT2D eigenvalue weighted by atomic mass is 16.2. The Hall–Kier alpha value is -0.770. The van der Waals surface area contributed by atoms with Crippen molar-refractivity contribution >= 4 is 6.03 Å². The number of nitrogens with zero attached hydrogens (tertiary/aromatic N) is 2. The van der Waals surface area contributed by atoms with Crippen LogP contribution in [0.5, 0.6) is 0 Å². The Bertz CT molecular complexity index is 215. The number of rotatable bonds is 0. The molecule has 2 saturated heterocycles. The number of likely N-dealkylation sites (tertiary alicyclic amines) is 1. The number of amides is 2. The lowest BCUT2D eigenvalue weighted by Crippen LogP contribution is -2.42. The van der Waals surface area contributed by atoms with Crippen LogP contribution in [0.25, 0.3) is 0 Å². The van der Waals surface area contributed by atoms with E-state index in [0.29, 0.717) is 12.0 Å². The van der Waals surface area contributed by atoms with Crippen LogP contribution in [0.2, 0.25) is 0 Å². The van der Waals surface area contributed by atoms with E-state index in [1.165, 1.54) is 12.8 Å².